The summed E-state index contributed by atoms with van der Waals surface area (Å²) in [6, 6.07) is 11.4. The van der Waals surface area contributed by atoms with E-state index in [0.717, 1.165) is 36.1 Å². The summed E-state index contributed by atoms with van der Waals surface area (Å²) in [5.41, 5.74) is 2.59. The molecule has 0 bridgehead atoms. The number of carbonyl (C=O) groups is 1. The molecule has 2 heterocycles. The molecule has 0 spiro atoms. The number of carbonyl (C=O) groups excluding carboxylic acids is 1. The number of nitrogens with zero attached hydrogens (tertiary/aromatic N) is 2. The predicted molar refractivity (Wildman–Crippen MR) is 119 cm³/mol. The lowest BCUT2D eigenvalue weighted by molar-refractivity contribution is 0.0914. The molecule has 30 heavy (non-hydrogen) atoms. The second-order valence-electron chi connectivity index (χ2n) is 7.23. The number of aryl methyl sites for hydroxylation is 1. The molecular weight excluding hydrogens is 400 g/mol. The summed E-state index contributed by atoms with van der Waals surface area (Å²) in [7, 11) is 3.15. The first-order valence-corrected chi connectivity index (χ1v) is 11.0. The van der Waals surface area contributed by atoms with Crippen LogP contribution in [0, 0.1) is 0 Å². The van der Waals surface area contributed by atoms with Gasteiger partial charge in [0.05, 0.1) is 42.6 Å². The number of amides is 1. The molecule has 6 nitrogen and oxygen atoms in total. The van der Waals surface area contributed by atoms with Crippen molar-refractivity contribution in [3.8, 4) is 11.5 Å². The Morgan fingerprint density at radius 3 is 2.83 bits per heavy atom. The molecule has 0 saturated carbocycles. The van der Waals surface area contributed by atoms with Crippen LogP contribution < -0.4 is 14.4 Å². The average molecular weight is 427 g/mol. The summed E-state index contributed by atoms with van der Waals surface area (Å²) in [6.45, 7) is 3.31. The van der Waals surface area contributed by atoms with Crippen molar-refractivity contribution in [1.29, 1.82) is 0 Å². The molecule has 7 heteroatoms. The Morgan fingerprint density at radius 2 is 2.13 bits per heavy atom. The van der Waals surface area contributed by atoms with E-state index in [2.05, 4.69) is 19.1 Å². The van der Waals surface area contributed by atoms with Crippen LogP contribution in [-0.4, -0.2) is 44.4 Å². The lowest BCUT2D eigenvalue weighted by Gasteiger charge is -2.24. The predicted octanol–water partition coefficient (Wildman–Crippen LogP) is 4.70. The maximum Gasteiger partial charge on any atom is 0.264 e. The largest absolute Gasteiger partial charge is 0.497 e. The third kappa shape index (κ3) is 4.00. The zero-order valence-corrected chi connectivity index (χ0v) is 18.3. The van der Waals surface area contributed by atoms with E-state index in [1.165, 1.54) is 16.9 Å². The van der Waals surface area contributed by atoms with Gasteiger partial charge in [0.25, 0.3) is 5.91 Å². The lowest BCUT2D eigenvalue weighted by Crippen LogP contribution is -2.37. The van der Waals surface area contributed by atoms with E-state index in [1.54, 1.807) is 37.3 Å². The zero-order chi connectivity index (χ0) is 21.1. The quantitative estimate of drug-likeness (QED) is 0.548. The third-order valence-electron chi connectivity index (χ3n) is 5.40. The highest BCUT2D eigenvalue weighted by Gasteiger charge is 2.29. The standard InChI is InChI=1S/C23H26N2O4S/c1-4-15-7-5-9-20-21(15)24-23(30-20)25(14-17-8-6-12-29-17)22(26)18-13-16(27-2)10-11-19(18)28-3/h5,7,9-11,13,17H,4,6,8,12,14H2,1-3H3. The van der Waals surface area contributed by atoms with Crippen molar-refractivity contribution in [2.24, 2.45) is 0 Å². The van der Waals surface area contributed by atoms with E-state index in [4.69, 9.17) is 19.2 Å². The Morgan fingerprint density at radius 1 is 1.27 bits per heavy atom. The monoisotopic (exact) mass is 426 g/mol. The van der Waals surface area contributed by atoms with Gasteiger partial charge in [0.1, 0.15) is 11.5 Å². The fraction of sp³-hybridized carbons (Fsp3) is 0.391. The molecule has 1 atom stereocenters. The van der Waals surface area contributed by atoms with Gasteiger partial charge in [0.2, 0.25) is 0 Å². The van der Waals surface area contributed by atoms with Crippen LogP contribution in [0.15, 0.2) is 36.4 Å². The molecule has 1 amide bonds. The lowest BCUT2D eigenvalue weighted by atomic mass is 10.1. The summed E-state index contributed by atoms with van der Waals surface area (Å²) >= 11 is 1.53. The summed E-state index contributed by atoms with van der Waals surface area (Å²) in [5, 5.41) is 0.677. The van der Waals surface area contributed by atoms with Crippen molar-refractivity contribution in [2.45, 2.75) is 32.3 Å². The topological polar surface area (TPSA) is 60.9 Å². The van der Waals surface area contributed by atoms with Crippen molar-refractivity contribution < 1.29 is 19.0 Å². The molecule has 1 aliphatic rings. The molecule has 4 rings (SSSR count). The third-order valence-corrected chi connectivity index (χ3v) is 6.44. The van der Waals surface area contributed by atoms with E-state index < -0.39 is 0 Å². The van der Waals surface area contributed by atoms with Gasteiger partial charge in [-0.3, -0.25) is 9.69 Å². The number of para-hydroxylation sites is 1. The van der Waals surface area contributed by atoms with Crippen molar-refractivity contribution in [1.82, 2.24) is 4.98 Å². The van der Waals surface area contributed by atoms with E-state index in [0.29, 0.717) is 28.7 Å². The van der Waals surface area contributed by atoms with Gasteiger partial charge in [-0.2, -0.15) is 0 Å². The molecule has 158 valence electrons. The molecule has 1 fully saturated rings. The van der Waals surface area contributed by atoms with Crippen molar-refractivity contribution in [2.75, 3.05) is 32.3 Å². The number of hydrogen-bond donors (Lipinski definition) is 0. The molecule has 0 aliphatic carbocycles. The van der Waals surface area contributed by atoms with Gasteiger partial charge >= 0.3 is 0 Å². The van der Waals surface area contributed by atoms with Crippen LogP contribution in [-0.2, 0) is 11.2 Å². The number of rotatable bonds is 7. The first kappa shape index (κ1) is 20.6. The average Bonchev–Trinajstić information content (AvgIpc) is 3.45. The number of hydrogen-bond acceptors (Lipinski definition) is 6. The van der Waals surface area contributed by atoms with Gasteiger partial charge in [-0.15, -0.1) is 0 Å². The van der Waals surface area contributed by atoms with Gasteiger partial charge in [0.15, 0.2) is 5.13 Å². The summed E-state index contributed by atoms with van der Waals surface area (Å²) in [4.78, 5) is 20.3. The van der Waals surface area contributed by atoms with E-state index in [9.17, 15) is 4.79 Å². The van der Waals surface area contributed by atoms with E-state index in [1.807, 2.05) is 6.07 Å². The number of aromatic nitrogens is 1. The van der Waals surface area contributed by atoms with E-state index in [-0.39, 0.29) is 12.0 Å². The molecular formula is C23H26N2O4S. The van der Waals surface area contributed by atoms with Gasteiger partial charge < -0.3 is 14.2 Å². The van der Waals surface area contributed by atoms with E-state index >= 15 is 0 Å². The highest BCUT2D eigenvalue weighted by atomic mass is 32.1. The Labute approximate surface area is 180 Å². The first-order chi connectivity index (χ1) is 14.6. The van der Waals surface area contributed by atoms with Gasteiger partial charge in [-0.1, -0.05) is 30.4 Å². The van der Waals surface area contributed by atoms with Gasteiger partial charge in [-0.05, 0) is 49.1 Å². The summed E-state index contributed by atoms with van der Waals surface area (Å²) < 4.78 is 17.7. The van der Waals surface area contributed by atoms with Crippen LogP contribution in [0.5, 0.6) is 11.5 Å². The van der Waals surface area contributed by atoms with Crippen molar-refractivity contribution >= 4 is 32.6 Å². The van der Waals surface area contributed by atoms with Crippen LogP contribution in [0.4, 0.5) is 5.13 Å². The number of methoxy groups -OCH3 is 2. The van der Waals surface area contributed by atoms with Crippen LogP contribution in [0.3, 0.4) is 0 Å². The maximum atomic E-state index is 13.7. The molecule has 1 unspecified atom stereocenters. The Balaban J connectivity index is 1.78. The number of fused-ring (bicyclic) bond motifs is 1. The fourth-order valence-corrected chi connectivity index (χ4v) is 4.78. The number of ether oxygens (including phenoxy) is 3. The van der Waals surface area contributed by atoms with Crippen LogP contribution >= 0.6 is 11.3 Å². The van der Waals surface area contributed by atoms with Crippen molar-refractivity contribution in [3.05, 3.63) is 47.5 Å². The van der Waals surface area contributed by atoms with Gasteiger partial charge in [0, 0.05) is 6.61 Å². The number of anilines is 1. The Bertz CT molecular complexity index is 1040. The molecule has 3 aromatic rings. The van der Waals surface area contributed by atoms with Crippen molar-refractivity contribution in [3.63, 3.8) is 0 Å². The fourth-order valence-electron chi connectivity index (χ4n) is 3.76. The highest BCUT2D eigenvalue weighted by molar-refractivity contribution is 7.22. The second kappa shape index (κ2) is 9.02. The normalized spacial score (nSPS) is 16.0. The first-order valence-electron chi connectivity index (χ1n) is 10.2. The minimum absolute atomic E-state index is 0.00297. The molecule has 0 N–H and O–H groups in total. The Kier molecular flexibility index (Phi) is 6.20. The second-order valence-corrected chi connectivity index (χ2v) is 8.24. The molecule has 1 saturated heterocycles. The molecule has 1 aromatic heterocycles. The van der Waals surface area contributed by atoms with Crippen LogP contribution in [0.2, 0.25) is 0 Å². The maximum absolute atomic E-state index is 13.7. The van der Waals surface area contributed by atoms with Gasteiger partial charge in [-0.25, -0.2) is 4.98 Å². The highest BCUT2D eigenvalue weighted by Crippen LogP contribution is 2.34. The zero-order valence-electron chi connectivity index (χ0n) is 17.5. The minimum atomic E-state index is -0.168. The minimum Gasteiger partial charge on any atom is -0.497 e. The number of thiazole rings is 1. The molecule has 0 radical (unpaired) electrons. The van der Waals surface area contributed by atoms with Crippen LogP contribution in [0.25, 0.3) is 10.2 Å². The Hall–Kier alpha value is -2.64. The summed E-state index contributed by atoms with van der Waals surface area (Å²) in [5.74, 6) is 0.945. The molecule has 1 aliphatic heterocycles. The SMILES string of the molecule is CCc1cccc2sc(N(CC3CCCO3)C(=O)c3cc(OC)ccc3OC)nc12. The smallest absolute Gasteiger partial charge is 0.264 e. The summed E-state index contributed by atoms with van der Waals surface area (Å²) in [6.07, 6.45) is 2.84. The molecule has 2 aromatic carbocycles. The number of benzene rings is 2. The van der Waals surface area contributed by atoms with Crippen LogP contribution in [0.1, 0.15) is 35.7 Å².